The van der Waals surface area contributed by atoms with Gasteiger partial charge >= 0.3 is 12.1 Å². The Bertz CT molecular complexity index is 637. The predicted molar refractivity (Wildman–Crippen MR) is 105 cm³/mol. The molecule has 6 N–H and O–H groups in total. The van der Waals surface area contributed by atoms with Crippen molar-refractivity contribution in [3.8, 4) is 0 Å². The van der Waals surface area contributed by atoms with Gasteiger partial charge in [0.2, 0.25) is 5.91 Å². The molecule has 10 nitrogen and oxygen atoms in total. The lowest BCUT2D eigenvalue weighted by atomic mass is 9.94. The fourth-order valence-electron chi connectivity index (χ4n) is 4.31. The quantitative estimate of drug-likeness (QED) is 0.344. The minimum absolute atomic E-state index is 0.0241. The predicted octanol–water partition coefficient (Wildman–Crippen LogP) is -0.849. The van der Waals surface area contributed by atoms with Gasteiger partial charge in [0.25, 0.3) is 0 Å². The third-order valence-corrected chi connectivity index (χ3v) is 5.71. The van der Waals surface area contributed by atoms with E-state index in [1.54, 1.807) is 0 Å². The van der Waals surface area contributed by atoms with Gasteiger partial charge in [-0.05, 0) is 46.0 Å². The number of carbonyl (C=O) groups excluding carboxylic acids is 2. The molecule has 3 saturated heterocycles. The van der Waals surface area contributed by atoms with Crippen LogP contribution in [0.1, 0.15) is 40.0 Å². The van der Waals surface area contributed by atoms with Gasteiger partial charge in [-0.3, -0.25) is 9.59 Å². The van der Waals surface area contributed by atoms with Crippen LogP contribution in [0.15, 0.2) is 0 Å². The van der Waals surface area contributed by atoms with Gasteiger partial charge in [0.1, 0.15) is 11.6 Å². The highest BCUT2D eigenvalue weighted by molar-refractivity contribution is 5.82. The second-order valence-electron chi connectivity index (χ2n) is 9.29. The fraction of sp³-hybridized carbons (Fsp3) is 0.842. The van der Waals surface area contributed by atoms with Crippen molar-refractivity contribution in [1.29, 1.82) is 0 Å². The van der Waals surface area contributed by atoms with Crippen LogP contribution in [0.25, 0.3) is 0 Å². The van der Waals surface area contributed by atoms with Crippen molar-refractivity contribution < 1.29 is 24.2 Å². The van der Waals surface area contributed by atoms with E-state index >= 15 is 0 Å². The number of carbonyl (C=O) groups is 3. The molecule has 0 aromatic carbocycles. The van der Waals surface area contributed by atoms with Gasteiger partial charge in [0.15, 0.2) is 0 Å². The first-order valence-corrected chi connectivity index (χ1v) is 10.3. The Hall–Kier alpha value is -1.91. The Kier molecular flexibility index (Phi) is 6.65. The molecule has 6 atom stereocenters. The summed E-state index contributed by atoms with van der Waals surface area (Å²) in [5.74, 6) is -0.624. The molecule has 2 amide bonds. The molecule has 3 heterocycles. The van der Waals surface area contributed by atoms with Gasteiger partial charge in [0.05, 0.1) is 6.04 Å². The minimum Gasteiger partial charge on any atom is -0.480 e. The molecular formula is C19H33N5O5. The summed E-state index contributed by atoms with van der Waals surface area (Å²) in [6.07, 6.45) is 1.44. The number of amides is 2. The van der Waals surface area contributed by atoms with E-state index in [0.29, 0.717) is 32.5 Å². The van der Waals surface area contributed by atoms with Gasteiger partial charge < -0.3 is 36.4 Å². The van der Waals surface area contributed by atoms with E-state index in [-0.39, 0.29) is 36.0 Å². The van der Waals surface area contributed by atoms with Crippen LogP contribution in [0.4, 0.5) is 4.79 Å². The maximum Gasteiger partial charge on any atom is 0.407 e. The number of rotatable bonds is 5. The van der Waals surface area contributed by atoms with Gasteiger partial charge in [-0.1, -0.05) is 0 Å². The Morgan fingerprint density at radius 2 is 1.55 bits per heavy atom. The van der Waals surface area contributed by atoms with Crippen LogP contribution in [0.5, 0.6) is 0 Å². The number of aliphatic carboxylic acids is 1. The maximum absolute atomic E-state index is 12.6. The molecule has 0 bridgehead atoms. The molecule has 164 valence electrons. The molecule has 3 fully saturated rings. The minimum atomic E-state index is -0.808. The summed E-state index contributed by atoms with van der Waals surface area (Å²) in [5, 5.41) is 24.6. The maximum atomic E-state index is 12.6. The van der Waals surface area contributed by atoms with Crippen molar-refractivity contribution in [3.63, 3.8) is 0 Å². The van der Waals surface area contributed by atoms with E-state index in [4.69, 9.17) is 9.84 Å². The summed E-state index contributed by atoms with van der Waals surface area (Å²) in [4.78, 5) is 35.6. The summed E-state index contributed by atoms with van der Waals surface area (Å²) in [7, 11) is 0. The Labute approximate surface area is 170 Å². The lowest BCUT2D eigenvalue weighted by molar-refractivity contribution is -0.139. The number of nitrogens with one attached hydrogen (secondary N) is 5. The first-order chi connectivity index (χ1) is 13.6. The van der Waals surface area contributed by atoms with E-state index in [2.05, 4.69) is 26.6 Å². The van der Waals surface area contributed by atoms with E-state index in [0.717, 1.165) is 6.42 Å². The van der Waals surface area contributed by atoms with Crippen molar-refractivity contribution in [2.24, 2.45) is 5.92 Å². The zero-order chi connectivity index (χ0) is 21.2. The van der Waals surface area contributed by atoms with Crippen molar-refractivity contribution in [1.82, 2.24) is 26.6 Å². The summed E-state index contributed by atoms with van der Waals surface area (Å²) in [6, 6.07) is -0.745. The van der Waals surface area contributed by atoms with Crippen LogP contribution in [-0.2, 0) is 14.3 Å². The van der Waals surface area contributed by atoms with E-state index in [1.807, 2.05) is 20.8 Å². The molecule has 10 heteroatoms. The Morgan fingerprint density at radius 1 is 0.897 bits per heavy atom. The SMILES string of the molecule is CC(C)(C)OC(=O)N[C@H]1CN[C@H](C(=O)N[C@H]2CN[C@H]([C@H]3CN[C@H](C(=O)O)C3)C2)C1. The number of carboxylic acids is 1. The number of hydrogen-bond acceptors (Lipinski definition) is 7. The van der Waals surface area contributed by atoms with Gasteiger partial charge in [-0.2, -0.15) is 0 Å². The summed E-state index contributed by atoms with van der Waals surface area (Å²) in [6.45, 7) is 7.30. The second kappa shape index (κ2) is 8.85. The highest BCUT2D eigenvalue weighted by atomic mass is 16.6. The zero-order valence-electron chi connectivity index (χ0n) is 17.3. The molecule has 3 aliphatic rings. The van der Waals surface area contributed by atoms with Crippen LogP contribution in [0.2, 0.25) is 0 Å². The topological polar surface area (TPSA) is 141 Å². The molecule has 0 aromatic heterocycles. The van der Waals surface area contributed by atoms with Crippen LogP contribution < -0.4 is 26.6 Å². The van der Waals surface area contributed by atoms with E-state index in [1.165, 1.54) is 0 Å². The van der Waals surface area contributed by atoms with Gasteiger partial charge in [-0.25, -0.2) is 4.79 Å². The summed E-state index contributed by atoms with van der Waals surface area (Å²) < 4.78 is 5.26. The molecule has 0 aliphatic carbocycles. The molecule has 0 spiro atoms. The van der Waals surface area contributed by atoms with Crippen LogP contribution in [-0.4, -0.2) is 78.5 Å². The molecule has 29 heavy (non-hydrogen) atoms. The molecule has 0 aromatic rings. The average Bonchev–Trinajstić information content (AvgIpc) is 3.32. The van der Waals surface area contributed by atoms with Gasteiger partial charge in [-0.15, -0.1) is 0 Å². The third-order valence-electron chi connectivity index (χ3n) is 5.71. The van der Waals surface area contributed by atoms with Crippen LogP contribution >= 0.6 is 0 Å². The summed E-state index contributed by atoms with van der Waals surface area (Å²) in [5.41, 5.74) is -0.557. The zero-order valence-corrected chi connectivity index (χ0v) is 17.3. The smallest absolute Gasteiger partial charge is 0.407 e. The highest BCUT2D eigenvalue weighted by Gasteiger charge is 2.39. The Balaban J connectivity index is 1.39. The molecule has 3 rings (SSSR count). The average molecular weight is 412 g/mol. The fourth-order valence-corrected chi connectivity index (χ4v) is 4.31. The highest BCUT2D eigenvalue weighted by Crippen LogP contribution is 2.24. The monoisotopic (exact) mass is 411 g/mol. The molecule has 0 saturated carbocycles. The lowest BCUT2D eigenvalue weighted by Crippen LogP contribution is -2.46. The molecule has 3 aliphatic heterocycles. The third kappa shape index (κ3) is 6.03. The number of hydrogen-bond donors (Lipinski definition) is 6. The first kappa shape index (κ1) is 21.8. The first-order valence-electron chi connectivity index (χ1n) is 10.3. The standard InChI is InChI=1S/C19H33N5O5/c1-19(2,3)29-18(28)24-12-6-14(22-9-12)16(25)23-11-5-13(21-8-11)10-4-15(17(26)27)20-7-10/h10-15,20-22H,4-9H2,1-3H3,(H,23,25)(H,24,28)(H,26,27)/t10-,11-,12-,13+,14+,15+/m1/s1. The number of ether oxygens (including phenoxy) is 1. The molecular weight excluding hydrogens is 378 g/mol. The largest absolute Gasteiger partial charge is 0.480 e. The van der Waals surface area contributed by atoms with Crippen LogP contribution in [0.3, 0.4) is 0 Å². The number of alkyl carbamates (subject to hydrolysis) is 1. The van der Waals surface area contributed by atoms with Gasteiger partial charge in [0, 0.05) is 37.8 Å². The van der Waals surface area contributed by atoms with Crippen molar-refractivity contribution in [3.05, 3.63) is 0 Å². The van der Waals surface area contributed by atoms with E-state index in [9.17, 15) is 14.4 Å². The molecule has 0 unspecified atom stereocenters. The summed E-state index contributed by atoms with van der Waals surface area (Å²) >= 11 is 0. The molecule has 0 radical (unpaired) electrons. The second-order valence-corrected chi connectivity index (χ2v) is 9.29. The van der Waals surface area contributed by atoms with Crippen molar-refractivity contribution in [2.75, 3.05) is 19.6 Å². The normalized spacial score (nSPS) is 34.7. The van der Waals surface area contributed by atoms with Crippen LogP contribution in [0, 0.1) is 5.92 Å². The lowest BCUT2D eigenvalue weighted by Gasteiger charge is -2.21. The Morgan fingerprint density at radius 3 is 2.21 bits per heavy atom. The number of carboxylic acid groups (broad SMARTS) is 1. The van der Waals surface area contributed by atoms with Crippen molar-refractivity contribution in [2.45, 2.75) is 75.8 Å². The van der Waals surface area contributed by atoms with Crippen molar-refractivity contribution >= 4 is 18.0 Å². The van der Waals surface area contributed by atoms with E-state index < -0.39 is 23.7 Å².